The molecule has 0 fully saturated rings. The minimum absolute atomic E-state index is 0.0899. The lowest BCUT2D eigenvalue weighted by molar-refractivity contribution is 0.580. The zero-order valence-corrected chi connectivity index (χ0v) is 10.5. The minimum atomic E-state index is -0.459. The summed E-state index contributed by atoms with van der Waals surface area (Å²) in [5, 5.41) is 3.02. The summed E-state index contributed by atoms with van der Waals surface area (Å²) in [5.41, 5.74) is 5.41. The first-order valence-electron chi connectivity index (χ1n) is 6.18. The number of rotatable bonds is 7. The molecule has 0 saturated carbocycles. The molecule has 96 valence electrons. The average Bonchev–Trinajstić information content (AvgIpc) is 2.29. The molecule has 1 atom stereocenters. The summed E-state index contributed by atoms with van der Waals surface area (Å²) in [6.45, 7) is 4.20. The van der Waals surface area contributed by atoms with E-state index in [0.717, 1.165) is 19.0 Å². The monoisotopic (exact) mass is 240 g/mol. The average molecular weight is 240 g/mol. The van der Waals surface area contributed by atoms with E-state index < -0.39 is 5.82 Å². The fourth-order valence-corrected chi connectivity index (χ4v) is 1.66. The molecule has 0 radical (unpaired) electrons. The lowest BCUT2D eigenvalue weighted by atomic mass is 10.1. The number of nitrogens with two attached hydrogens (primary N) is 1. The van der Waals surface area contributed by atoms with E-state index >= 15 is 0 Å². The molecule has 0 aromatic carbocycles. The largest absolute Gasteiger partial charge is 0.368 e. The summed E-state index contributed by atoms with van der Waals surface area (Å²) in [6.07, 6.45) is 6.93. The molecular weight excluding hydrogens is 219 g/mol. The second-order valence-corrected chi connectivity index (χ2v) is 4.32. The molecule has 3 N–H and O–H groups in total. The molecule has 17 heavy (non-hydrogen) atoms. The quantitative estimate of drug-likeness (QED) is 0.719. The molecule has 1 unspecified atom stereocenters. The molecular formula is C12H21FN4. The Hall–Kier alpha value is -1.39. The van der Waals surface area contributed by atoms with Crippen molar-refractivity contribution in [3.8, 4) is 0 Å². The van der Waals surface area contributed by atoms with E-state index in [9.17, 15) is 4.39 Å². The minimum Gasteiger partial charge on any atom is -0.368 e. The molecule has 1 aromatic heterocycles. The van der Waals surface area contributed by atoms with Crippen LogP contribution in [0.15, 0.2) is 6.20 Å². The van der Waals surface area contributed by atoms with Crippen molar-refractivity contribution in [2.45, 2.75) is 52.0 Å². The van der Waals surface area contributed by atoms with Gasteiger partial charge in [0.25, 0.3) is 0 Å². The van der Waals surface area contributed by atoms with Crippen molar-refractivity contribution in [3.63, 3.8) is 0 Å². The van der Waals surface area contributed by atoms with Crippen LogP contribution < -0.4 is 11.1 Å². The highest BCUT2D eigenvalue weighted by Gasteiger charge is 2.08. The predicted octanol–water partition coefficient (Wildman–Crippen LogP) is 2.97. The summed E-state index contributed by atoms with van der Waals surface area (Å²) in [5.74, 6) is -0.174. The fourth-order valence-electron chi connectivity index (χ4n) is 1.66. The molecule has 0 aliphatic heterocycles. The summed E-state index contributed by atoms with van der Waals surface area (Å²) < 4.78 is 13.3. The van der Waals surface area contributed by atoms with Crippen LogP contribution in [0.5, 0.6) is 0 Å². The van der Waals surface area contributed by atoms with Crippen LogP contribution in [-0.4, -0.2) is 16.0 Å². The zero-order chi connectivity index (χ0) is 12.7. The van der Waals surface area contributed by atoms with Gasteiger partial charge in [-0.1, -0.05) is 32.6 Å². The van der Waals surface area contributed by atoms with Crippen LogP contribution in [0.3, 0.4) is 0 Å². The number of unbranched alkanes of at least 4 members (excludes halogenated alkanes) is 3. The maximum absolute atomic E-state index is 13.3. The van der Waals surface area contributed by atoms with Gasteiger partial charge in [0.15, 0.2) is 11.6 Å². The Labute approximate surface area is 102 Å². The van der Waals surface area contributed by atoms with E-state index in [1.54, 1.807) is 0 Å². The SMILES string of the molecule is CCCCCCC(C)Nc1nc(N)ncc1F. The van der Waals surface area contributed by atoms with E-state index in [2.05, 4.69) is 22.2 Å². The van der Waals surface area contributed by atoms with Gasteiger partial charge in [-0.3, -0.25) is 0 Å². The number of hydrogen-bond donors (Lipinski definition) is 2. The second-order valence-electron chi connectivity index (χ2n) is 4.32. The predicted molar refractivity (Wildman–Crippen MR) is 68.2 cm³/mol. The standard InChI is InChI=1S/C12H21FN4/c1-3-4-5-6-7-9(2)16-11-10(13)8-15-12(14)17-11/h8-9H,3-7H2,1-2H3,(H3,14,15,16,17). The smallest absolute Gasteiger partial charge is 0.222 e. The number of nitrogens with one attached hydrogen (secondary N) is 1. The van der Waals surface area contributed by atoms with Gasteiger partial charge >= 0.3 is 0 Å². The van der Waals surface area contributed by atoms with Crippen LogP contribution in [0.25, 0.3) is 0 Å². The molecule has 4 nitrogen and oxygen atoms in total. The Morgan fingerprint density at radius 1 is 1.41 bits per heavy atom. The first-order chi connectivity index (χ1) is 8.13. The Bertz CT molecular complexity index is 343. The molecule has 0 aliphatic carbocycles. The van der Waals surface area contributed by atoms with Crippen molar-refractivity contribution in [2.75, 3.05) is 11.1 Å². The second kappa shape index (κ2) is 7.04. The van der Waals surface area contributed by atoms with Crippen molar-refractivity contribution >= 4 is 11.8 Å². The van der Waals surface area contributed by atoms with Crippen LogP contribution in [0.1, 0.15) is 46.0 Å². The van der Waals surface area contributed by atoms with Gasteiger partial charge in [0.1, 0.15) is 0 Å². The van der Waals surface area contributed by atoms with Gasteiger partial charge in [0.2, 0.25) is 5.95 Å². The van der Waals surface area contributed by atoms with Crippen LogP contribution in [0.2, 0.25) is 0 Å². The number of aromatic nitrogens is 2. The van der Waals surface area contributed by atoms with Gasteiger partial charge in [0, 0.05) is 6.04 Å². The molecule has 0 amide bonds. The van der Waals surface area contributed by atoms with Crippen molar-refractivity contribution in [1.82, 2.24) is 9.97 Å². The maximum atomic E-state index is 13.3. The molecule has 0 spiro atoms. The normalized spacial score (nSPS) is 12.4. The topological polar surface area (TPSA) is 63.8 Å². The Kier molecular flexibility index (Phi) is 5.66. The summed E-state index contributed by atoms with van der Waals surface area (Å²) in [7, 11) is 0. The third kappa shape index (κ3) is 4.97. The van der Waals surface area contributed by atoms with Crippen molar-refractivity contribution in [1.29, 1.82) is 0 Å². The van der Waals surface area contributed by atoms with Gasteiger partial charge < -0.3 is 11.1 Å². The Morgan fingerprint density at radius 3 is 2.88 bits per heavy atom. The number of nitrogen functional groups attached to an aromatic ring is 1. The third-order valence-electron chi connectivity index (χ3n) is 2.64. The highest BCUT2D eigenvalue weighted by molar-refractivity contribution is 5.39. The van der Waals surface area contributed by atoms with E-state index in [1.807, 2.05) is 6.92 Å². The highest BCUT2D eigenvalue weighted by Crippen LogP contribution is 2.14. The van der Waals surface area contributed by atoms with Gasteiger partial charge in [-0.25, -0.2) is 9.37 Å². The number of halogens is 1. The Morgan fingerprint density at radius 2 is 2.18 bits per heavy atom. The van der Waals surface area contributed by atoms with Crippen molar-refractivity contribution < 1.29 is 4.39 Å². The lowest BCUT2D eigenvalue weighted by Gasteiger charge is -2.14. The number of hydrogen-bond acceptors (Lipinski definition) is 4. The van der Waals surface area contributed by atoms with E-state index in [4.69, 9.17) is 5.73 Å². The molecule has 0 saturated heterocycles. The first-order valence-corrected chi connectivity index (χ1v) is 6.18. The molecule has 0 aliphatic rings. The van der Waals surface area contributed by atoms with Crippen molar-refractivity contribution in [3.05, 3.63) is 12.0 Å². The van der Waals surface area contributed by atoms with E-state index in [1.165, 1.54) is 19.3 Å². The molecule has 1 heterocycles. The lowest BCUT2D eigenvalue weighted by Crippen LogP contribution is -2.17. The van der Waals surface area contributed by atoms with Gasteiger partial charge in [0.05, 0.1) is 6.20 Å². The molecule has 1 rings (SSSR count). The zero-order valence-electron chi connectivity index (χ0n) is 10.5. The van der Waals surface area contributed by atoms with Gasteiger partial charge in [-0.15, -0.1) is 0 Å². The highest BCUT2D eigenvalue weighted by atomic mass is 19.1. The molecule has 1 aromatic rings. The number of nitrogens with zero attached hydrogens (tertiary/aromatic N) is 2. The summed E-state index contributed by atoms with van der Waals surface area (Å²) in [6, 6.07) is 0.190. The summed E-state index contributed by atoms with van der Waals surface area (Å²) >= 11 is 0. The number of anilines is 2. The van der Waals surface area contributed by atoms with Crippen LogP contribution in [-0.2, 0) is 0 Å². The van der Waals surface area contributed by atoms with Crippen LogP contribution >= 0.6 is 0 Å². The third-order valence-corrected chi connectivity index (χ3v) is 2.64. The molecule has 5 heteroatoms. The Balaban J connectivity index is 2.39. The fraction of sp³-hybridized carbons (Fsp3) is 0.667. The van der Waals surface area contributed by atoms with Crippen LogP contribution in [0, 0.1) is 5.82 Å². The van der Waals surface area contributed by atoms with E-state index in [-0.39, 0.29) is 17.8 Å². The van der Waals surface area contributed by atoms with Crippen LogP contribution in [0.4, 0.5) is 16.2 Å². The maximum Gasteiger partial charge on any atom is 0.222 e. The van der Waals surface area contributed by atoms with Crippen molar-refractivity contribution in [2.24, 2.45) is 0 Å². The summed E-state index contributed by atoms with van der Waals surface area (Å²) in [4.78, 5) is 7.42. The molecule has 0 bridgehead atoms. The van der Waals surface area contributed by atoms with Gasteiger partial charge in [-0.2, -0.15) is 4.98 Å². The van der Waals surface area contributed by atoms with E-state index in [0.29, 0.717) is 0 Å². The van der Waals surface area contributed by atoms with Gasteiger partial charge in [-0.05, 0) is 13.3 Å². The first kappa shape index (κ1) is 13.7.